The molecule has 2 aromatic heterocycles. The second-order valence-corrected chi connectivity index (χ2v) is 5.22. The number of fused-ring (bicyclic) bond motifs is 1. The molecule has 16 heavy (non-hydrogen) atoms. The molecule has 2 fully saturated rings. The van der Waals surface area contributed by atoms with Crippen molar-refractivity contribution in [2.24, 2.45) is 0 Å². The number of imidazole rings is 1. The first kappa shape index (κ1) is 8.99. The Labute approximate surface area is 98.5 Å². The van der Waals surface area contributed by atoms with Crippen LogP contribution >= 0.6 is 11.6 Å². The summed E-state index contributed by atoms with van der Waals surface area (Å²) < 4.78 is 2.33. The fraction of sp³-hybridized carbons (Fsp3) is 0.500. The molecule has 3 nitrogen and oxygen atoms in total. The Kier molecular flexibility index (Phi) is 1.67. The van der Waals surface area contributed by atoms with E-state index in [1.165, 1.54) is 31.5 Å². The highest BCUT2D eigenvalue weighted by molar-refractivity contribution is 6.34. The van der Waals surface area contributed by atoms with Crippen LogP contribution in [0.1, 0.15) is 43.5 Å². The van der Waals surface area contributed by atoms with Gasteiger partial charge in [0.1, 0.15) is 11.3 Å². The summed E-state index contributed by atoms with van der Waals surface area (Å²) in [5.74, 6) is 1.88. The second-order valence-electron chi connectivity index (χ2n) is 4.81. The van der Waals surface area contributed by atoms with Gasteiger partial charge < -0.3 is 4.57 Å². The van der Waals surface area contributed by atoms with Gasteiger partial charge in [-0.1, -0.05) is 11.6 Å². The topological polar surface area (TPSA) is 30.7 Å². The smallest absolute Gasteiger partial charge is 0.161 e. The molecule has 0 bridgehead atoms. The zero-order valence-corrected chi connectivity index (χ0v) is 9.61. The summed E-state index contributed by atoms with van der Waals surface area (Å²) >= 11 is 6.18. The van der Waals surface area contributed by atoms with E-state index in [-0.39, 0.29) is 0 Å². The number of nitrogens with zero attached hydrogens (tertiary/aromatic N) is 3. The number of hydrogen-bond acceptors (Lipinski definition) is 2. The van der Waals surface area contributed by atoms with Crippen LogP contribution in [0.25, 0.3) is 11.2 Å². The average Bonchev–Trinajstić information content (AvgIpc) is 3.16. The molecule has 2 aromatic rings. The summed E-state index contributed by atoms with van der Waals surface area (Å²) in [5, 5.41) is 0.728. The maximum absolute atomic E-state index is 6.18. The fourth-order valence-corrected chi connectivity index (χ4v) is 2.48. The lowest BCUT2D eigenvalue weighted by atomic mass is 10.4. The first-order chi connectivity index (χ1) is 7.84. The molecule has 2 aliphatic carbocycles. The molecule has 0 spiro atoms. The molecule has 0 saturated heterocycles. The van der Waals surface area contributed by atoms with E-state index in [0.717, 1.165) is 16.2 Å². The maximum Gasteiger partial charge on any atom is 0.161 e. The molecule has 0 radical (unpaired) electrons. The van der Waals surface area contributed by atoms with Gasteiger partial charge >= 0.3 is 0 Å². The molecule has 0 unspecified atom stereocenters. The maximum atomic E-state index is 6.18. The number of pyridine rings is 1. The largest absolute Gasteiger partial charge is 0.309 e. The van der Waals surface area contributed by atoms with E-state index < -0.39 is 0 Å². The molecule has 0 atom stereocenters. The third kappa shape index (κ3) is 1.21. The molecule has 2 aliphatic rings. The monoisotopic (exact) mass is 233 g/mol. The van der Waals surface area contributed by atoms with Crippen LogP contribution in [0.2, 0.25) is 5.02 Å². The van der Waals surface area contributed by atoms with Gasteiger partial charge in [0, 0.05) is 18.2 Å². The third-order valence-electron chi connectivity index (χ3n) is 3.41. The lowest BCUT2D eigenvalue weighted by Gasteiger charge is -2.04. The highest BCUT2D eigenvalue weighted by atomic mass is 35.5. The minimum Gasteiger partial charge on any atom is -0.309 e. The molecule has 0 aliphatic heterocycles. The van der Waals surface area contributed by atoms with Gasteiger partial charge in [0.2, 0.25) is 0 Å². The van der Waals surface area contributed by atoms with E-state index in [1.54, 1.807) is 6.20 Å². The van der Waals surface area contributed by atoms with Gasteiger partial charge in [-0.15, -0.1) is 0 Å². The van der Waals surface area contributed by atoms with Crippen LogP contribution in [0.4, 0.5) is 0 Å². The Morgan fingerprint density at radius 3 is 2.75 bits per heavy atom. The van der Waals surface area contributed by atoms with Crippen molar-refractivity contribution >= 4 is 22.8 Å². The molecule has 4 heteroatoms. The van der Waals surface area contributed by atoms with Gasteiger partial charge in [0.15, 0.2) is 5.65 Å². The van der Waals surface area contributed by atoms with Gasteiger partial charge in [-0.3, -0.25) is 0 Å². The van der Waals surface area contributed by atoms with Crippen LogP contribution in [0.5, 0.6) is 0 Å². The minimum atomic E-state index is 0.631. The van der Waals surface area contributed by atoms with Crippen molar-refractivity contribution in [3.63, 3.8) is 0 Å². The summed E-state index contributed by atoms with van der Waals surface area (Å²) in [6.45, 7) is 0. The van der Waals surface area contributed by atoms with E-state index >= 15 is 0 Å². The summed E-state index contributed by atoms with van der Waals surface area (Å²) in [5.41, 5.74) is 1.87. The van der Waals surface area contributed by atoms with Crippen LogP contribution in [-0.4, -0.2) is 14.5 Å². The second kappa shape index (κ2) is 2.98. The van der Waals surface area contributed by atoms with Crippen LogP contribution in [0.15, 0.2) is 12.3 Å². The first-order valence-corrected chi connectivity index (χ1v) is 6.25. The zero-order valence-electron chi connectivity index (χ0n) is 8.86. The van der Waals surface area contributed by atoms with E-state index in [1.807, 2.05) is 6.07 Å². The Morgan fingerprint density at radius 1 is 1.25 bits per heavy atom. The molecule has 2 saturated carbocycles. The van der Waals surface area contributed by atoms with Gasteiger partial charge in [-0.25, -0.2) is 9.97 Å². The predicted molar refractivity (Wildman–Crippen MR) is 62.8 cm³/mol. The zero-order chi connectivity index (χ0) is 10.7. The highest BCUT2D eigenvalue weighted by Gasteiger charge is 2.35. The first-order valence-electron chi connectivity index (χ1n) is 5.87. The molecule has 0 N–H and O–H groups in total. The van der Waals surface area contributed by atoms with Crippen LogP contribution in [0, 0.1) is 0 Å². The third-order valence-corrected chi connectivity index (χ3v) is 3.72. The Bertz CT molecular complexity index is 567. The van der Waals surface area contributed by atoms with Crippen molar-refractivity contribution in [1.29, 1.82) is 0 Å². The number of aromatic nitrogens is 3. The highest BCUT2D eigenvalue weighted by Crippen LogP contribution is 2.46. The summed E-state index contributed by atoms with van der Waals surface area (Å²) in [6, 6.07) is 2.46. The summed E-state index contributed by atoms with van der Waals surface area (Å²) in [6.07, 6.45) is 6.85. The van der Waals surface area contributed by atoms with Crippen molar-refractivity contribution in [2.45, 2.75) is 37.6 Å². The molecule has 0 aromatic carbocycles. The summed E-state index contributed by atoms with van der Waals surface area (Å²) in [7, 11) is 0. The van der Waals surface area contributed by atoms with E-state index in [0.29, 0.717) is 12.0 Å². The van der Waals surface area contributed by atoms with Crippen molar-refractivity contribution in [3.05, 3.63) is 23.1 Å². The fourth-order valence-electron chi connectivity index (χ4n) is 2.30. The van der Waals surface area contributed by atoms with Crippen molar-refractivity contribution in [3.8, 4) is 0 Å². The predicted octanol–water partition coefficient (Wildman–Crippen LogP) is 3.30. The van der Waals surface area contributed by atoms with E-state index in [2.05, 4.69) is 9.55 Å². The quantitative estimate of drug-likeness (QED) is 0.797. The Balaban J connectivity index is 2.04. The van der Waals surface area contributed by atoms with Gasteiger partial charge in [0.05, 0.1) is 5.02 Å². The van der Waals surface area contributed by atoms with Gasteiger partial charge in [-0.05, 0) is 31.7 Å². The molecule has 0 amide bonds. The van der Waals surface area contributed by atoms with Gasteiger partial charge in [0.25, 0.3) is 0 Å². The SMILES string of the molecule is Clc1ccnc2c1nc(C1CC1)n2C1CC1. The van der Waals surface area contributed by atoms with Crippen LogP contribution < -0.4 is 0 Å². The van der Waals surface area contributed by atoms with E-state index in [9.17, 15) is 0 Å². The number of hydrogen-bond donors (Lipinski definition) is 0. The number of rotatable bonds is 2. The minimum absolute atomic E-state index is 0.631. The standard InChI is InChI=1S/C12H12ClN3/c13-9-5-6-14-12-10(9)15-11(7-1-2-7)16(12)8-3-4-8/h5-8H,1-4H2. The Hall–Kier alpha value is -1.09. The van der Waals surface area contributed by atoms with Gasteiger partial charge in [-0.2, -0.15) is 0 Å². The number of halogens is 1. The Morgan fingerprint density at radius 2 is 2.06 bits per heavy atom. The normalized spacial score (nSPS) is 20.6. The lowest BCUT2D eigenvalue weighted by Crippen LogP contribution is -2.00. The summed E-state index contributed by atoms with van der Waals surface area (Å²) in [4.78, 5) is 9.15. The molecule has 4 rings (SSSR count). The van der Waals surface area contributed by atoms with E-state index in [4.69, 9.17) is 16.6 Å². The van der Waals surface area contributed by atoms with Crippen molar-refractivity contribution in [2.75, 3.05) is 0 Å². The lowest BCUT2D eigenvalue weighted by molar-refractivity contribution is 0.697. The molecular weight excluding hydrogens is 222 g/mol. The van der Waals surface area contributed by atoms with Crippen LogP contribution in [-0.2, 0) is 0 Å². The van der Waals surface area contributed by atoms with Crippen molar-refractivity contribution in [1.82, 2.24) is 14.5 Å². The van der Waals surface area contributed by atoms with Crippen LogP contribution in [0.3, 0.4) is 0 Å². The molecular formula is C12H12ClN3. The average molecular weight is 234 g/mol. The molecule has 82 valence electrons. The molecule has 2 heterocycles. The van der Waals surface area contributed by atoms with Crippen molar-refractivity contribution < 1.29 is 0 Å².